The zero-order valence-corrected chi connectivity index (χ0v) is 16.3. The quantitative estimate of drug-likeness (QED) is 0.624. The van der Waals surface area contributed by atoms with Crippen molar-refractivity contribution in [1.29, 1.82) is 0 Å². The SMILES string of the molecule is O=C(Nc1ccccc1)OC1CN=C(c2cccc(Cl)c2)OC1c1ccccc1. The third-order valence-corrected chi connectivity index (χ3v) is 4.70. The van der Waals surface area contributed by atoms with E-state index in [1.807, 2.05) is 60.7 Å². The second-order valence-corrected chi connectivity index (χ2v) is 6.98. The second-order valence-electron chi connectivity index (χ2n) is 6.54. The maximum atomic E-state index is 12.4. The fraction of sp³-hybridized carbons (Fsp3) is 0.130. The molecule has 0 saturated carbocycles. The largest absolute Gasteiger partial charge is 0.465 e. The Balaban J connectivity index is 1.55. The molecule has 0 radical (unpaired) electrons. The van der Waals surface area contributed by atoms with E-state index >= 15 is 0 Å². The molecular formula is C23H19ClN2O3. The van der Waals surface area contributed by atoms with Gasteiger partial charge in [-0.1, -0.05) is 66.2 Å². The van der Waals surface area contributed by atoms with Gasteiger partial charge in [-0.15, -0.1) is 0 Å². The van der Waals surface area contributed by atoms with Crippen molar-refractivity contribution in [3.05, 3.63) is 101 Å². The molecule has 4 rings (SSSR count). The molecule has 2 unspecified atom stereocenters. The standard InChI is InChI=1S/C23H19ClN2O3/c24-18-11-7-10-17(14-18)22-25-15-20(21(29-22)16-8-3-1-4-9-16)28-23(27)26-19-12-5-2-6-13-19/h1-14,20-21H,15H2,(H,26,27). The number of carbonyl (C=O) groups is 1. The minimum atomic E-state index is -0.566. The average molecular weight is 407 g/mol. The van der Waals surface area contributed by atoms with Crippen molar-refractivity contribution in [3.63, 3.8) is 0 Å². The smallest absolute Gasteiger partial charge is 0.412 e. The van der Waals surface area contributed by atoms with E-state index in [0.29, 0.717) is 16.6 Å². The van der Waals surface area contributed by atoms with E-state index in [-0.39, 0.29) is 6.54 Å². The summed E-state index contributed by atoms with van der Waals surface area (Å²) >= 11 is 6.10. The molecule has 0 fully saturated rings. The van der Waals surface area contributed by atoms with E-state index in [0.717, 1.165) is 11.1 Å². The van der Waals surface area contributed by atoms with Crippen LogP contribution in [-0.4, -0.2) is 24.6 Å². The normalized spacial score (nSPS) is 18.3. The lowest BCUT2D eigenvalue weighted by molar-refractivity contribution is 0.00996. The number of hydrogen-bond acceptors (Lipinski definition) is 4. The van der Waals surface area contributed by atoms with Crippen molar-refractivity contribution in [1.82, 2.24) is 0 Å². The van der Waals surface area contributed by atoms with E-state index in [1.54, 1.807) is 24.3 Å². The fourth-order valence-electron chi connectivity index (χ4n) is 3.11. The molecular weight excluding hydrogens is 388 g/mol. The van der Waals surface area contributed by atoms with E-state index in [9.17, 15) is 4.79 Å². The summed E-state index contributed by atoms with van der Waals surface area (Å²) in [5.74, 6) is 0.477. The molecule has 1 amide bonds. The third kappa shape index (κ3) is 4.76. The Kier molecular flexibility index (Phi) is 5.77. The topological polar surface area (TPSA) is 59.9 Å². The average Bonchev–Trinajstić information content (AvgIpc) is 2.75. The molecule has 1 N–H and O–H groups in total. The summed E-state index contributed by atoms with van der Waals surface area (Å²) in [4.78, 5) is 16.9. The molecule has 1 aliphatic heterocycles. The van der Waals surface area contributed by atoms with Gasteiger partial charge in [0, 0.05) is 16.3 Å². The van der Waals surface area contributed by atoms with Gasteiger partial charge >= 0.3 is 6.09 Å². The van der Waals surface area contributed by atoms with Gasteiger partial charge in [-0.05, 0) is 35.9 Å². The number of nitrogens with zero attached hydrogens (tertiary/aromatic N) is 1. The molecule has 3 aromatic carbocycles. The van der Waals surface area contributed by atoms with Crippen molar-refractivity contribution in [2.75, 3.05) is 11.9 Å². The lowest BCUT2D eigenvalue weighted by Gasteiger charge is -2.31. The Hall–Kier alpha value is -3.31. The summed E-state index contributed by atoms with van der Waals surface area (Å²) in [5, 5.41) is 3.33. The molecule has 1 heterocycles. The van der Waals surface area contributed by atoms with Crippen LogP contribution in [0.2, 0.25) is 5.02 Å². The van der Waals surface area contributed by atoms with E-state index in [2.05, 4.69) is 10.3 Å². The van der Waals surface area contributed by atoms with E-state index < -0.39 is 18.3 Å². The van der Waals surface area contributed by atoms with Gasteiger partial charge in [-0.3, -0.25) is 5.32 Å². The number of aliphatic imine (C=N–C) groups is 1. The lowest BCUT2D eigenvalue weighted by Crippen LogP contribution is -2.37. The van der Waals surface area contributed by atoms with Gasteiger partial charge in [-0.2, -0.15) is 0 Å². The summed E-state index contributed by atoms with van der Waals surface area (Å²) in [6.45, 7) is 0.281. The number of rotatable bonds is 4. The van der Waals surface area contributed by atoms with Crippen LogP contribution in [0.15, 0.2) is 89.9 Å². The predicted molar refractivity (Wildman–Crippen MR) is 113 cm³/mol. The van der Waals surface area contributed by atoms with Crippen molar-refractivity contribution in [3.8, 4) is 0 Å². The first-order valence-corrected chi connectivity index (χ1v) is 9.61. The highest BCUT2D eigenvalue weighted by molar-refractivity contribution is 6.30. The molecule has 0 saturated heterocycles. The number of amides is 1. The van der Waals surface area contributed by atoms with Crippen LogP contribution >= 0.6 is 11.6 Å². The number of benzene rings is 3. The van der Waals surface area contributed by atoms with Crippen LogP contribution in [0, 0.1) is 0 Å². The van der Waals surface area contributed by atoms with Gasteiger partial charge < -0.3 is 9.47 Å². The number of hydrogen-bond donors (Lipinski definition) is 1. The molecule has 0 aliphatic carbocycles. The minimum Gasteiger partial charge on any atom is -0.465 e. The summed E-state index contributed by atoms with van der Waals surface area (Å²) in [6.07, 6.45) is -1.60. The Morgan fingerprint density at radius 3 is 2.45 bits per heavy atom. The first kappa shape index (κ1) is 19.0. The van der Waals surface area contributed by atoms with E-state index in [4.69, 9.17) is 21.1 Å². The highest BCUT2D eigenvalue weighted by Crippen LogP contribution is 2.29. The second kappa shape index (κ2) is 8.80. The molecule has 0 bridgehead atoms. The maximum Gasteiger partial charge on any atom is 0.412 e. The van der Waals surface area contributed by atoms with Gasteiger partial charge in [0.25, 0.3) is 0 Å². The van der Waals surface area contributed by atoms with Crippen LogP contribution in [0.4, 0.5) is 10.5 Å². The number of nitrogens with one attached hydrogen (secondary N) is 1. The first-order chi connectivity index (χ1) is 14.2. The Labute approximate surface area is 174 Å². The number of para-hydroxylation sites is 1. The van der Waals surface area contributed by atoms with E-state index in [1.165, 1.54) is 0 Å². The molecule has 5 nitrogen and oxygen atoms in total. The van der Waals surface area contributed by atoms with Crippen molar-refractivity contribution < 1.29 is 14.3 Å². The van der Waals surface area contributed by atoms with Gasteiger partial charge in [0.05, 0.1) is 6.54 Å². The highest BCUT2D eigenvalue weighted by Gasteiger charge is 2.33. The Morgan fingerprint density at radius 1 is 1.00 bits per heavy atom. The number of anilines is 1. The third-order valence-electron chi connectivity index (χ3n) is 4.47. The molecule has 0 aromatic heterocycles. The molecule has 146 valence electrons. The monoisotopic (exact) mass is 406 g/mol. The summed E-state index contributed by atoms with van der Waals surface area (Å²) in [5.41, 5.74) is 2.35. The van der Waals surface area contributed by atoms with Crippen LogP contribution in [0.25, 0.3) is 0 Å². The number of halogens is 1. The molecule has 3 aromatic rings. The minimum absolute atomic E-state index is 0.281. The number of ether oxygens (including phenoxy) is 2. The molecule has 29 heavy (non-hydrogen) atoms. The molecule has 0 spiro atoms. The molecule has 2 atom stereocenters. The first-order valence-electron chi connectivity index (χ1n) is 9.24. The van der Waals surface area contributed by atoms with Crippen molar-refractivity contribution in [2.45, 2.75) is 12.2 Å². The summed E-state index contributed by atoms with van der Waals surface area (Å²) < 4.78 is 11.8. The molecule has 6 heteroatoms. The van der Waals surface area contributed by atoms with Crippen LogP contribution in [0.3, 0.4) is 0 Å². The fourth-order valence-corrected chi connectivity index (χ4v) is 3.30. The summed E-state index contributed by atoms with van der Waals surface area (Å²) in [6, 6.07) is 26.1. The lowest BCUT2D eigenvalue weighted by atomic mass is 10.0. The predicted octanol–water partition coefficient (Wildman–Crippen LogP) is 5.48. The Morgan fingerprint density at radius 2 is 1.72 bits per heavy atom. The maximum absolute atomic E-state index is 12.4. The van der Waals surface area contributed by atoms with Gasteiger partial charge in [0.15, 0.2) is 12.2 Å². The zero-order chi connectivity index (χ0) is 20.1. The highest BCUT2D eigenvalue weighted by atomic mass is 35.5. The van der Waals surface area contributed by atoms with Gasteiger partial charge in [-0.25, -0.2) is 9.79 Å². The molecule has 1 aliphatic rings. The van der Waals surface area contributed by atoms with Gasteiger partial charge in [0.1, 0.15) is 0 Å². The van der Waals surface area contributed by atoms with Crippen LogP contribution in [-0.2, 0) is 9.47 Å². The summed E-state index contributed by atoms with van der Waals surface area (Å²) in [7, 11) is 0. The Bertz CT molecular complexity index is 1010. The van der Waals surface area contributed by atoms with Gasteiger partial charge in [0.2, 0.25) is 5.90 Å². The number of carbonyl (C=O) groups excluding carboxylic acids is 1. The van der Waals surface area contributed by atoms with Crippen LogP contribution < -0.4 is 5.32 Å². The van der Waals surface area contributed by atoms with Crippen LogP contribution in [0.1, 0.15) is 17.2 Å². The zero-order valence-electron chi connectivity index (χ0n) is 15.5. The van der Waals surface area contributed by atoms with Crippen molar-refractivity contribution in [2.24, 2.45) is 4.99 Å². The van der Waals surface area contributed by atoms with Crippen LogP contribution in [0.5, 0.6) is 0 Å². The van der Waals surface area contributed by atoms with Crippen molar-refractivity contribution >= 4 is 29.3 Å².